The molecule has 98 valence electrons. The monoisotopic (exact) mass is 254 g/mol. The number of hydrogen-bond donors (Lipinski definition) is 1. The number of aliphatic carboxylic acids is 1. The molecule has 6 heteroatoms. The van der Waals surface area contributed by atoms with Gasteiger partial charge in [0.1, 0.15) is 0 Å². The van der Waals surface area contributed by atoms with Crippen molar-refractivity contribution in [2.75, 3.05) is 6.54 Å². The minimum Gasteiger partial charge on any atom is -0.481 e. The number of rotatable bonds is 5. The molecule has 5 nitrogen and oxygen atoms in total. The van der Waals surface area contributed by atoms with Crippen LogP contribution in [-0.4, -0.2) is 39.5 Å². The van der Waals surface area contributed by atoms with Crippen molar-refractivity contribution in [3.8, 4) is 0 Å². The molecular formula is C12H15FN2O3. The van der Waals surface area contributed by atoms with Crippen LogP contribution >= 0.6 is 0 Å². The predicted octanol–water partition coefficient (Wildman–Crippen LogP) is 1.55. The van der Waals surface area contributed by atoms with Crippen molar-refractivity contribution < 1.29 is 19.1 Å². The first kappa shape index (κ1) is 14.1. The first-order valence-electron chi connectivity index (χ1n) is 5.55. The van der Waals surface area contributed by atoms with Gasteiger partial charge in [0.2, 0.25) is 0 Å². The van der Waals surface area contributed by atoms with Gasteiger partial charge in [0.05, 0.1) is 18.2 Å². The van der Waals surface area contributed by atoms with Crippen LogP contribution in [0.15, 0.2) is 18.5 Å². The number of aromatic nitrogens is 1. The first-order chi connectivity index (χ1) is 8.43. The number of carbonyl (C=O) groups is 2. The zero-order chi connectivity index (χ0) is 13.7. The summed E-state index contributed by atoms with van der Waals surface area (Å²) < 4.78 is 13.4. The fraction of sp³-hybridized carbons (Fsp3) is 0.417. The molecular weight excluding hydrogens is 239 g/mol. The van der Waals surface area contributed by atoms with Crippen LogP contribution < -0.4 is 0 Å². The Morgan fingerprint density at radius 2 is 2.17 bits per heavy atom. The molecule has 0 unspecified atom stereocenters. The van der Waals surface area contributed by atoms with Crippen LogP contribution in [0.2, 0.25) is 0 Å². The van der Waals surface area contributed by atoms with Gasteiger partial charge < -0.3 is 10.0 Å². The summed E-state index contributed by atoms with van der Waals surface area (Å²) in [5.74, 6) is -2.22. The van der Waals surface area contributed by atoms with E-state index in [4.69, 9.17) is 5.11 Å². The van der Waals surface area contributed by atoms with E-state index in [0.29, 0.717) is 0 Å². The summed E-state index contributed by atoms with van der Waals surface area (Å²) in [7, 11) is 0. The summed E-state index contributed by atoms with van der Waals surface area (Å²) in [6, 6.07) is 1.08. The zero-order valence-electron chi connectivity index (χ0n) is 10.3. The van der Waals surface area contributed by atoms with Crippen molar-refractivity contribution in [3.63, 3.8) is 0 Å². The fourth-order valence-electron chi connectivity index (χ4n) is 1.51. The van der Waals surface area contributed by atoms with Gasteiger partial charge in [-0.3, -0.25) is 14.6 Å². The highest BCUT2D eigenvalue weighted by molar-refractivity contribution is 5.94. The second-order valence-electron chi connectivity index (χ2n) is 4.09. The number of hydrogen-bond acceptors (Lipinski definition) is 3. The molecule has 18 heavy (non-hydrogen) atoms. The number of amides is 1. The topological polar surface area (TPSA) is 70.5 Å². The highest BCUT2D eigenvalue weighted by Gasteiger charge is 2.22. The van der Waals surface area contributed by atoms with Crippen molar-refractivity contribution in [2.45, 2.75) is 26.3 Å². The highest BCUT2D eigenvalue weighted by Crippen LogP contribution is 2.11. The normalized spacial score (nSPS) is 10.4. The van der Waals surface area contributed by atoms with Crippen LogP contribution in [0, 0.1) is 5.82 Å². The number of carbonyl (C=O) groups excluding carboxylic acids is 1. The van der Waals surface area contributed by atoms with Gasteiger partial charge in [-0.15, -0.1) is 0 Å². The van der Waals surface area contributed by atoms with Gasteiger partial charge >= 0.3 is 5.97 Å². The standard InChI is InChI=1S/C12H15FN2O3/c1-8(2)15(6-4-11(16)17)12(18)9-3-5-14-7-10(9)13/h3,5,7-8H,4,6H2,1-2H3,(H,16,17). The third kappa shape index (κ3) is 3.51. The van der Waals surface area contributed by atoms with Gasteiger partial charge in [0.25, 0.3) is 5.91 Å². The summed E-state index contributed by atoms with van der Waals surface area (Å²) in [5.41, 5.74) is -0.0934. The van der Waals surface area contributed by atoms with Crippen molar-refractivity contribution in [1.29, 1.82) is 0 Å². The van der Waals surface area contributed by atoms with Gasteiger partial charge in [-0.1, -0.05) is 0 Å². The number of carboxylic acids is 1. The quantitative estimate of drug-likeness (QED) is 0.865. The lowest BCUT2D eigenvalue weighted by atomic mass is 10.2. The van der Waals surface area contributed by atoms with Gasteiger partial charge in [0.15, 0.2) is 5.82 Å². The Labute approximate surface area is 104 Å². The molecule has 0 radical (unpaired) electrons. The minimum atomic E-state index is -0.997. The first-order valence-corrected chi connectivity index (χ1v) is 5.55. The van der Waals surface area contributed by atoms with Crippen molar-refractivity contribution in [2.24, 2.45) is 0 Å². The van der Waals surface area contributed by atoms with E-state index in [2.05, 4.69) is 4.98 Å². The summed E-state index contributed by atoms with van der Waals surface area (Å²) in [6.07, 6.45) is 2.12. The Morgan fingerprint density at radius 1 is 1.50 bits per heavy atom. The lowest BCUT2D eigenvalue weighted by Crippen LogP contribution is -2.38. The lowest BCUT2D eigenvalue weighted by molar-refractivity contribution is -0.137. The Kier molecular flexibility index (Phi) is 4.76. The summed E-state index contributed by atoms with van der Waals surface area (Å²) >= 11 is 0. The molecule has 0 spiro atoms. The Balaban J connectivity index is 2.90. The largest absolute Gasteiger partial charge is 0.481 e. The molecule has 0 aliphatic heterocycles. The van der Waals surface area contributed by atoms with Gasteiger partial charge in [-0.25, -0.2) is 4.39 Å². The van der Waals surface area contributed by atoms with E-state index in [-0.39, 0.29) is 24.6 Å². The average molecular weight is 254 g/mol. The second kappa shape index (κ2) is 6.09. The van der Waals surface area contributed by atoms with Crippen LogP contribution in [0.4, 0.5) is 4.39 Å². The molecule has 1 aromatic rings. The van der Waals surface area contributed by atoms with Gasteiger partial charge in [0, 0.05) is 18.8 Å². The maximum absolute atomic E-state index is 13.4. The van der Waals surface area contributed by atoms with Gasteiger partial charge in [-0.05, 0) is 19.9 Å². The molecule has 0 saturated heterocycles. The average Bonchev–Trinajstić information content (AvgIpc) is 2.28. The molecule has 1 heterocycles. The Bertz CT molecular complexity index is 449. The summed E-state index contributed by atoms with van der Waals surface area (Å²) in [6.45, 7) is 3.55. The summed E-state index contributed by atoms with van der Waals surface area (Å²) in [5, 5.41) is 8.63. The molecule has 0 aliphatic rings. The van der Waals surface area contributed by atoms with Gasteiger partial charge in [-0.2, -0.15) is 0 Å². The predicted molar refractivity (Wildman–Crippen MR) is 62.6 cm³/mol. The third-order valence-electron chi connectivity index (χ3n) is 2.45. The van der Waals surface area contributed by atoms with E-state index >= 15 is 0 Å². The minimum absolute atomic E-state index is 0.0492. The molecule has 1 amide bonds. The molecule has 1 rings (SSSR count). The molecule has 0 aliphatic carbocycles. The number of pyridine rings is 1. The molecule has 0 saturated carbocycles. The van der Waals surface area contributed by atoms with Crippen LogP contribution in [0.25, 0.3) is 0 Å². The SMILES string of the molecule is CC(C)N(CCC(=O)O)C(=O)c1ccncc1F. The molecule has 0 fully saturated rings. The van der Waals surface area contributed by atoms with E-state index in [1.807, 2.05) is 0 Å². The molecule has 0 aromatic carbocycles. The number of nitrogens with zero attached hydrogens (tertiary/aromatic N) is 2. The van der Waals surface area contributed by atoms with Crippen molar-refractivity contribution >= 4 is 11.9 Å². The summed E-state index contributed by atoms with van der Waals surface area (Å²) in [4.78, 5) is 27.5. The Morgan fingerprint density at radius 3 is 2.67 bits per heavy atom. The molecule has 0 bridgehead atoms. The van der Waals surface area contributed by atoms with Crippen molar-refractivity contribution in [3.05, 3.63) is 29.8 Å². The highest BCUT2D eigenvalue weighted by atomic mass is 19.1. The number of halogens is 1. The maximum atomic E-state index is 13.4. The zero-order valence-corrected chi connectivity index (χ0v) is 10.3. The fourth-order valence-corrected chi connectivity index (χ4v) is 1.51. The van der Waals surface area contributed by atoms with Crippen LogP contribution in [0.1, 0.15) is 30.6 Å². The Hall–Kier alpha value is -1.98. The molecule has 1 aromatic heterocycles. The number of carboxylic acid groups (broad SMARTS) is 1. The van der Waals surface area contributed by atoms with Crippen LogP contribution in [-0.2, 0) is 4.79 Å². The van der Waals surface area contributed by atoms with Crippen molar-refractivity contribution in [1.82, 2.24) is 9.88 Å². The van der Waals surface area contributed by atoms with E-state index in [9.17, 15) is 14.0 Å². The van der Waals surface area contributed by atoms with E-state index in [1.54, 1.807) is 13.8 Å². The lowest BCUT2D eigenvalue weighted by Gasteiger charge is -2.26. The molecule has 1 N–H and O–H groups in total. The van der Waals surface area contributed by atoms with E-state index in [0.717, 1.165) is 6.20 Å². The maximum Gasteiger partial charge on any atom is 0.305 e. The van der Waals surface area contributed by atoms with Crippen LogP contribution in [0.3, 0.4) is 0 Å². The molecule has 0 atom stereocenters. The van der Waals surface area contributed by atoms with E-state index < -0.39 is 17.7 Å². The van der Waals surface area contributed by atoms with Crippen LogP contribution in [0.5, 0.6) is 0 Å². The van der Waals surface area contributed by atoms with E-state index in [1.165, 1.54) is 17.2 Å². The second-order valence-corrected chi connectivity index (χ2v) is 4.09. The third-order valence-corrected chi connectivity index (χ3v) is 2.45. The smallest absolute Gasteiger partial charge is 0.305 e.